The van der Waals surface area contributed by atoms with Crippen LogP contribution in [0.15, 0.2) is 0 Å². The molecule has 0 atom stereocenters. The average molecular weight is 213 g/mol. The van der Waals surface area contributed by atoms with Gasteiger partial charge in [0, 0.05) is 18.6 Å². The van der Waals surface area contributed by atoms with Gasteiger partial charge in [0.1, 0.15) is 0 Å². The molecule has 0 aliphatic heterocycles. The Morgan fingerprint density at radius 2 is 1.93 bits per heavy atom. The fraction of sp³-hybridized carbons (Fsp3) is 0.909. The van der Waals surface area contributed by atoms with Gasteiger partial charge in [-0.25, -0.2) is 0 Å². The second-order valence-corrected chi connectivity index (χ2v) is 5.36. The van der Waals surface area contributed by atoms with Crippen LogP contribution in [0.3, 0.4) is 0 Å². The fourth-order valence-corrected chi connectivity index (χ4v) is 2.07. The smallest absolute Gasteiger partial charge is 0.227 e. The van der Waals surface area contributed by atoms with Crippen LogP contribution in [0.5, 0.6) is 0 Å². The number of rotatable bonds is 4. The molecule has 1 aliphatic rings. The Balaban J connectivity index is 2.51. The molecule has 1 fully saturated rings. The van der Waals surface area contributed by atoms with E-state index in [0.717, 1.165) is 25.7 Å². The normalized spacial score (nSPS) is 20.3. The minimum atomic E-state index is -0.357. The summed E-state index contributed by atoms with van der Waals surface area (Å²) in [6.45, 7) is 4.76. The molecule has 1 saturated carbocycles. The van der Waals surface area contributed by atoms with Crippen LogP contribution < -0.4 is 16.8 Å². The first kappa shape index (κ1) is 12.5. The zero-order valence-electron chi connectivity index (χ0n) is 9.81. The molecule has 4 heteroatoms. The molecule has 0 unspecified atom stereocenters. The lowest BCUT2D eigenvalue weighted by Gasteiger charge is -2.28. The Morgan fingerprint density at radius 1 is 1.40 bits per heavy atom. The van der Waals surface area contributed by atoms with Gasteiger partial charge in [-0.3, -0.25) is 4.79 Å². The first-order valence-corrected chi connectivity index (χ1v) is 5.67. The zero-order chi connectivity index (χ0) is 11.5. The van der Waals surface area contributed by atoms with Crippen molar-refractivity contribution in [1.82, 2.24) is 5.32 Å². The molecule has 0 bridgehead atoms. The topological polar surface area (TPSA) is 81.1 Å². The van der Waals surface area contributed by atoms with Crippen molar-refractivity contribution >= 4 is 5.91 Å². The van der Waals surface area contributed by atoms with Crippen LogP contribution >= 0.6 is 0 Å². The van der Waals surface area contributed by atoms with Crippen LogP contribution in [0.2, 0.25) is 0 Å². The van der Waals surface area contributed by atoms with E-state index in [-0.39, 0.29) is 16.9 Å². The summed E-state index contributed by atoms with van der Waals surface area (Å²) in [4.78, 5) is 12.0. The van der Waals surface area contributed by atoms with Gasteiger partial charge >= 0.3 is 0 Å². The van der Waals surface area contributed by atoms with Gasteiger partial charge in [-0.05, 0) is 26.7 Å². The summed E-state index contributed by atoms with van der Waals surface area (Å²) in [5.41, 5.74) is 10.9. The number of hydrogen-bond donors (Lipinski definition) is 3. The molecule has 0 aromatic heterocycles. The summed E-state index contributed by atoms with van der Waals surface area (Å²) in [7, 11) is 0. The van der Waals surface area contributed by atoms with Gasteiger partial charge in [-0.15, -0.1) is 0 Å². The summed E-state index contributed by atoms with van der Waals surface area (Å²) in [5.74, 6) is 0.0843. The molecule has 5 N–H and O–H groups in total. The van der Waals surface area contributed by atoms with E-state index < -0.39 is 0 Å². The van der Waals surface area contributed by atoms with Crippen molar-refractivity contribution in [2.45, 2.75) is 45.1 Å². The largest absolute Gasteiger partial charge is 0.354 e. The number of carbonyl (C=O) groups is 1. The third-order valence-electron chi connectivity index (χ3n) is 3.14. The van der Waals surface area contributed by atoms with Crippen LogP contribution in [0.4, 0.5) is 0 Å². The molecule has 0 radical (unpaired) electrons. The predicted molar refractivity (Wildman–Crippen MR) is 61.2 cm³/mol. The van der Waals surface area contributed by atoms with E-state index in [4.69, 9.17) is 11.5 Å². The summed E-state index contributed by atoms with van der Waals surface area (Å²) >= 11 is 0. The second-order valence-electron chi connectivity index (χ2n) is 5.36. The highest BCUT2D eigenvalue weighted by Crippen LogP contribution is 2.37. The third kappa shape index (κ3) is 3.18. The zero-order valence-corrected chi connectivity index (χ0v) is 9.81. The number of hydrogen-bond acceptors (Lipinski definition) is 3. The number of carbonyl (C=O) groups excluding carboxylic acids is 1. The summed E-state index contributed by atoms with van der Waals surface area (Å²) in [6, 6.07) is 0. The Bertz CT molecular complexity index is 226. The molecular weight excluding hydrogens is 190 g/mol. The highest BCUT2D eigenvalue weighted by molar-refractivity contribution is 5.83. The molecule has 0 spiro atoms. The van der Waals surface area contributed by atoms with Gasteiger partial charge < -0.3 is 16.8 Å². The third-order valence-corrected chi connectivity index (χ3v) is 3.14. The number of nitrogens with one attached hydrogen (secondary N) is 1. The van der Waals surface area contributed by atoms with E-state index in [0.29, 0.717) is 13.1 Å². The number of nitrogens with two attached hydrogens (primary N) is 2. The SMILES string of the molecule is CC(C)(N)CNC(=O)C1(CN)CCCC1. The molecule has 0 saturated heterocycles. The van der Waals surface area contributed by atoms with E-state index in [1.165, 1.54) is 0 Å². The maximum absolute atomic E-state index is 12.0. The average Bonchev–Trinajstić information content (AvgIpc) is 2.62. The van der Waals surface area contributed by atoms with Crippen LogP contribution in [-0.4, -0.2) is 24.5 Å². The van der Waals surface area contributed by atoms with E-state index in [1.807, 2.05) is 13.8 Å². The minimum Gasteiger partial charge on any atom is -0.354 e. The first-order valence-electron chi connectivity index (χ1n) is 5.67. The van der Waals surface area contributed by atoms with Crippen LogP contribution in [0.25, 0.3) is 0 Å². The Hall–Kier alpha value is -0.610. The molecule has 1 amide bonds. The predicted octanol–water partition coefficient (Wildman–Crippen LogP) is 0.359. The summed E-state index contributed by atoms with van der Waals surface area (Å²) in [6.07, 6.45) is 4.05. The molecule has 1 aliphatic carbocycles. The van der Waals surface area contributed by atoms with Crippen LogP contribution in [-0.2, 0) is 4.79 Å². The molecular formula is C11H23N3O. The minimum absolute atomic E-state index is 0.0843. The molecule has 1 rings (SSSR count). The van der Waals surface area contributed by atoms with Crippen LogP contribution in [0, 0.1) is 5.41 Å². The molecule has 88 valence electrons. The van der Waals surface area contributed by atoms with Gasteiger partial charge in [0.25, 0.3) is 0 Å². The van der Waals surface area contributed by atoms with Gasteiger partial charge in [0.2, 0.25) is 5.91 Å². The number of amides is 1. The molecule has 0 heterocycles. The standard InChI is InChI=1S/C11H23N3O/c1-10(2,13)8-14-9(15)11(7-12)5-3-4-6-11/h3-8,12-13H2,1-2H3,(H,14,15). The van der Waals surface area contributed by atoms with E-state index >= 15 is 0 Å². The maximum atomic E-state index is 12.0. The van der Waals surface area contributed by atoms with Crippen molar-refractivity contribution in [3.8, 4) is 0 Å². The second kappa shape index (κ2) is 4.49. The van der Waals surface area contributed by atoms with Crippen molar-refractivity contribution in [2.75, 3.05) is 13.1 Å². The van der Waals surface area contributed by atoms with Crippen molar-refractivity contribution in [3.05, 3.63) is 0 Å². The van der Waals surface area contributed by atoms with Crippen molar-refractivity contribution < 1.29 is 4.79 Å². The van der Waals surface area contributed by atoms with Gasteiger partial charge in [-0.1, -0.05) is 12.8 Å². The summed E-state index contributed by atoms with van der Waals surface area (Å²) < 4.78 is 0. The lowest BCUT2D eigenvalue weighted by molar-refractivity contribution is -0.130. The van der Waals surface area contributed by atoms with Gasteiger partial charge in [0.05, 0.1) is 5.41 Å². The Labute approximate surface area is 91.8 Å². The van der Waals surface area contributed by atoms with Gasteiger partial charge in [-0.2, -0.15) is 0 Å². The van der Waals surface area contributed by atoms with E-state index in [1.54, 1.807) is 0 Å². The monoisotopic (exact) mass is 213 g/mol. The molecule has 4 nitrogen and oxygen atoms in total. The highest BCUT2D eigenvalue weighted by Gasteiger charge is 2.39. The van der Waals surface area contributed by atoms with E-state index in [2.05, 4.69) is 5.32 Å². The van der Waals surface area contributed by atoms with Gasteiger partial charge in [0.15, 0.2) is 0 Å². The quantitative estimate of drug-likeness (QED) is 0.630. The Kier molecular flexibility index (Phi) is 3.73. The summed E-state index contributed by atoms with van der Waals surface area (Å²) in [5, 5.41) is 2.91. The molecule has 0 aromatic rings. The highest BCUT2D eigenvalue weighted by atomic mass is 16.2. The van der Waals surface area contributed by atoms with Crippen molar-refractivity contribution in [3.63, 3.8) is 0 Å². The van der Waals surface area contributed by atoms with Crippen molar-refractivity contribution in [1.29, 1.82) is 0 Å². The maximum Gasteiger partial charge on any atom is 0.227 e. The van der Waals surface area contributed by atoms with Crippen molar-refractivity contribution in [2.24, 2.45) is 16.9 Å². The lowest BCUT2D eigenvalue weighted by atomic mass is 9.85. The molecule has 0 aromatic carbocycles. The lowest BCUT2D eigenvalue weighted by Crippen LogP contribution is -2.51. The first-order chi connectivity index (χ1) is 6.90. The van der Waals surface area contributed by atoms with E-state index in [9.17, 15) is 4.79 Å². The van der Waals surface area contributed by atoms with Crippen LogP contribution in [0.1, 0.15) is 39.5 Å². The fourth-order valence-electron chi connectivity index (χ4n) is 2.07. The molecule has 15 heavy (non-hydrogen) atoms. The Morgan fingerprint density at radius 3 is 2.33 bits per heavy atom.